The number of hydrogen-bond acceptors (Lipinski definition) is 3. The van der Waals surface area contributed by atoms with E-state index in [0.29, 0.717) is 0 Å². The number of para-hydroxylation sites is 1. The van der Waals surface area contributed by atoms with Gasteiger partial charge in [-0.15, -0.1) is 0 Å². The molecular formula is C23H24N2O2. The summed E-state index contributed by atoms with van der Waals surface area (Å²) in [5.74, 6) is 0.809. The largest absolute Gasteiger partial charge is 0.497 e. The van der Waals surface area contributed by atoms with E-state index in [4.69, 9.17) is 9.72 Å². The normalized spacial score (nSPS) is 14.4. The highest BCUT2D eigenvalue weighted by atomic mass is 16.5. The predicted octanol–water partition coefficient (Wildman–Crippen LogP) is 4.89. The number of amides is 1. The van der Waals surface area contributed by atoms with Crippen LogP contribution in [0.5, 0.6) is 5.75 Å². The molecule has 1 aromatic heterocycles. The lowest BCUT2D eigenvalue weighted by Crippen LogP contribution is -2.33. The molecule has 2 aromatic carbocycles. The molecular weight excluding hydrogens is 336 g/mol. The second-order valence-corrected chi connectivity index (χ2v) is 7.16. The molecule has 1 fully saturated rings. The number of benzene rings is 2. The Morgan fingerprint density at radius 2 is 1.78 bits per heavy atom. The topological polar surface area (TPSA) is 51.2 Å². The average Bonchev–Trinajstić information content (AvgIpc) is 3.20. The monoisotopic (exact) mass is 360 g/mol. The molecule has 0 radical (unpaired) electrons. The van der Waals surface area contributed by atoms with Crippen molar-refractivity contribution in [2.24, 2.45) is 0 Å². The second-order valence-electron chi connectivity index (χ2n) is 7.16. The van der Waals surface area contributed by atoms with E-state index in [-0.39, 0.29) is 11.9 Å². The molecule has 3 aromatic rings. The first-order valence-corrected chi connectivity index (χ1v) is 9.52. The molecule has 0 aliphatic heterocycles. The van der Waals surface area contributed by atoms with Gasteiger partial charge in [-0.05, 0) is 55.7 Å². The van der Waals surface area contributed by atoms with Crippen molar-refractivity contribution in [3.8, 4) is 17.0 Å². The van der Waals surface area contributed by atoms with E-state index in [9.17, 15) is 4.79 Å². The second kappa shape index (κ2) is 7.39. The van der Waals surface area contributed by atoms with Crippen molar-refractivity contribution in [2.45, 2.75) is 38.6 Å². The maximum Gasteiger partial charge on any atom is 0.252 e. The van der Waals surface area contributed by atoms with Crippen LogP contribution in [0.25, 0.3) is 22.2 Å². The van der Waals surface area contributed by atoms with Crippen LogP contribution in [-0.4, -0.2) is 24.0 Å². The number of nitrogens with zero attached hydrogens (tertiary/aromatic N) is 1. The number of fused-ring (bicyclic) bond motifs is 1. The van der Waals surface area contributed by atoms with Gasteiger partial charge >= 0.3 is 0 Å². The molecule has 1 aliphatic carbocycles. The summed E-state index contributed by atoms with van der Waals surface area (Å²) in [5.41, 5.74) is 4.31. The molecule has 1 N–H and O–H groups in total. The summed E-state index contributed by atoms with van der Waals surface area (Å²) >= 11 is 0. The predicted molar refractivity (Wildman–Crippen MR) is 108 cm³/mol. The van der Waals surface area contributed by atoms with Gasteiger partial charge in [0.15, 0.2) is 0 Å². The molecule has 0 saturated heterocycles. The molecule has 1 aliphatic rings. The molecule has 0 spiro atoms. The summed E-state index contributed by atoms with van der Waals surface area (Å²) in [6, 6.07) is 16.0. The summed E-state index contributed by atoms with van der Waals surface area (Å²) in [6.45, 7) is 1.99. The summed E-state index contributed by atoms with van der Waals surface area (Å²) in [6.07, 6.45) is 4.52. The Balaban J connectivity index is 1.82. The van der Waals surface area contributed by atoms with Gasteiger partial charge in [-0.1, -0.05) is 31.0 Å². The Morgan fingerprint density at radius 3 is 2.48 bits per heavy atom. The SMILES string of the molecule is COc1ccc(-c2nc3ccccc3c(C(=O)NC3CCCC3)c2C)cc1. The van der Waals surface area contributed by atoms with E-state index in [2.05, 4.69) is 5.32 Å². The molecule has 4 heteroatoms. The minimum Gasteiger partial charge on any atom is -0.497 e. The zero-order chi connectivity index (χ0) is 18.8. The number of nitrogens with one attached hydrogen (secondary N) is 1. The summed E-state index contributed by atoms with van der Waals surface area (Å²) in [7, 11) is 1.65. The first-order valence-electron chi connectivity index (χ1n) is 9.52. The number of ether oxygens (including phenoxy) is 1. The van der Waals surface area contributed by atoms with Crippen LogP contribution in [0.3, 0.4) is 0 Å². The van der Waals surface area contributed by atoms with Crippen LogP contribution < -0.4 is 10.1 Å². The molecule has 1 amide bonds. The van der Waals surface area contributed by atoms with Crippen molar-refractivity contribution < 1.29 is 9.53 Å². The molecule has 27 heavy (non-hydrogen) atoms. The lowest BCUT2D eigenvalue weighted by molar-refractivity contribution is 0.0939. The molecule has 0 bridgehead atoms. The Hall–Kier alpha value is -2.88. The fourth-order valence-corrected chi connectivity index (χ4v) is 3.96. The lowest BCUT2D eigenvalue weighted by atomic mass is 9.97. The quantitative estimate of drug-likeness (QED) is 0.720. The van der Waals surface area contributed by atoms with E-state index >= 15 is 0 Å². The fourth-order valence-electron chi connectivity index (χ4n) is 3.96. The number of methoxy groups -OCH3 is 1. The van der Waals surface area contributed by atoms with Crippen LogP contribution in [0, 0.1) is 6.92 Å². The third-order valence-corrected chi connectivity index (χ3v) is 5.42. The third kappa shape index (κ3) is 3.39. The zero-order valence-corrected chi connectivity index (χ0v) is 15.8. The van der Waals surface area contributed by atoms with E-state index in [1.165, 1.54) is 12.8 Å². The zero-order valence-electron chi connectivity index (χ0n) is 15.8. The van der Waals surface area contributed by atoms with Crippen LogP contribution in [0.2, 0.25) is 0 Å². The fraction of sp³-hybridized carbons (Fsp3) is 0.304. The molecule has 4 rings (SSSR count). The van der Waals surface area contributed by atoms with Gasteiger partial charge in [0.2, 0.25) is 0 Å². The number of rotatable bonds is 4. The minimum atomic E-state index is 0.00719. The van der Waals surface area contributed by atoms with Crippen molar-refractivity contribution in [3.63, 3.8) is 0 Å². The molecule has 138 valence electrons. The average molecular weight is 360 g/mol. The van der Waals surface area contributed by atoms with Gasteiger partial charge in [-0.3, -0.25) is 4.79 Å². The summed E-state index contributed by atoms with van der Waals surface area (Å²) < 4.78 is 5.26. The Labute approximate surface area is 159 Å². The highest BCUT2D eigenvalue weighted by molar-refractivity contribution is 6.09. The Kier molecular flexibility index (Phi) is 4.80. The number of carbonyl (C=O) groups excluding carboxylic acids is 1. The standard InChI is InChI=1S/C23H24N2O2/c1-15-21(23(26)24-17-7-3-4-8-17)19-9-5-6-10-20(19)25-22(15)16-11-13-18(27-2)14-12-16/h5-6,9-14,17H,3-4,7-8H2,1-2H3,(H,24,26). The highest BCUT2D eigenvalue weighted by Crippen LogP contribution is 2.31. The van der Waals surface area contributed by atoms with Crippen molar-refractivity contribution in [3.05, 3.63) is 59.7 Å². The third-order valence-electron chi connectivity index (χ3n) is 5.42. The number of aromatic nitrogens is 1. The van der Waals surface area contributed by atoms with Crippen LogP contribution in [0.4, 0.5) is 0 Å². The first-order chi connectivity index (χ1) is 13.2. The van der Waals surface area contributed by atoms with Gasteiger partial charge in [0, 0.05) is 17.0 Å². The van der Waals surface area contributed by atoms with Crippen LogP contribution in [0.1, 0.15) is 41.6 Å². The van der Waals surface area contributed by atoms with E-state index in [1.807, 2.05) is 55.5 Å². The number of carbonyl (C=O) groups is 1. The number of pyridine rings is 1. The smallest absolute Gasteiger partial charge is 0.252 e. The van der Waals surface area contributed by atoms with Crippen molar-refractivity contribution >= 4 is 16.8 Å². The van der Waals surface area contributed by atoms with Crippen molar-refractivity contribution in [1.82, 2.24) is 10.3 Å². The molecule has 0 unspecified atom stereocenters. The van der Waals surface area contributed by atoms with Gasteiger partial charge in [-0.2, -0.15) is 0 Å². The van der Waals surface area contributed by atoms with Crippen LogP contribution in [-0.2, 0) is 0 Å². The molecule has 4 nitrogen and oxygen atoms in total. The summed E-state index contributed by atoms with van der Waals surface area (Å²) in [5, 5.41) is 4.14. The Morgan fingerprint density at radius 1 is 1.07 bits per heavy atom. The summed E-state index contributed by atoms with van der Waals surface area (Å²) in [4.78, 5) is 18.0. The van der Waals surface area contributed by atoms with Crippen LogP contribution in [0.15, 0.2) is 48.5 Å². The maximum absolute atomic E-state index is 13.2. The minimum absolute atomic E-state index is 0.00719. The van der Waals surface area contributed by atoms with Gasteiger partial charge in [0.05, 0.1) is 23.9 Å². The Bertz CT molecular complexity index is 974. The van der Waals surface area contributed by atoms with Gasteiger partial charge in [0.25, 0.3) is 5.91 Å². The van der Waals surface area contributed by atoms with Crippen molar-refractivity contribution in [2.75, 3.05) is 7.11 Å². The number of hydrogen-bond donors (Lipinski definition) is 1. The van der Waals surface area contributed by atoms with Gasteiger partial charge in [-0.25, -0.2) is 4.98 Å². The highest BCUT2D eigenvalue weighted by Gasteiger charge is 2.22. The van der Waals surface area contributed by atoms with Gasteiger partial charge < -0.3 is 10.1 Å². The maximum atomic E-state index is 13.2. The molecule has 1 saturated carbocycles. The lowest BCUT2D eigenvalue weighted by Gasteiger charge is -2.17. The van der Waals surface area contributed by atoms with Gasteiger partial charge in [0.1, 0.15) is 5.75 Å². The molecule has 1 heterocycles. The van der Waals surface area contributed by atoms with E-state index in [0.717, 1.165) is 51.9 Å². The van der Waals surface area contributed by atoms with Crippen LogP contribution >= 0.6 is 0 Å². The molecule has 0 atom stereocenters. The van der Waals surface area contributed by atoms with E-state index in [1.54, 1.807) is 7.11 Å². The first kappa shape index (κ1) is 17.5. The van der Waals surface area contributed by atoms with Crippen molar-refractivity contribution in [1.29, 1.82) is 0 Å². The van der Waals surface area contributed by atoms with E-state index < -0.39 is 0 Å².